The van der Waals surface area contributed by atoms with E-state index in [1.54, 1.807) is 36.4 Å². The van der Waals surface area contributed by atoms with Crippen LogP contribution in [0.15, 0.2) is 48.5 Å². The lowest BCUT2D eigenvalue weighted by Gasteiger charge is -2.19. The Morgan fingerprint density at radius 3 is 1.96 bits per heavy atom. The van der Waals surface area contributed by atoms with Crippen LogP contribution in [0.1, 0.15) is 53.5 Å². The maximum Gasteiger partial charge on any atom is 0.312 e. The number of fused-ring (bicyclic) bond motifs is 1. The highest BCUT2D eigenvalue weighted by atomic mass is 16.5. The number of rotatable bonds is 4. The SMILES string of the molecule is CC(C)(C)c1ccc(OC(=O)CCN2C(=O)c3ccccc3C2=O)cc1. The van der Waals surface area contributed by atoms with E-state index in [0.717, 1.165) is 10.5 Å². The molecule has 3 rings (SSSR count). The summed E-state index contributed by atoms with van der Waals surface area (Å²) in [5, 5.41) is 0. The van der Waals surface area contributed by atoms with Crippen molar-refractivity contribution in [2.45, 2.75) is 32.6 Å². The van der Waals surface area contributed by atoms with E-state index in [-0.39, 0.29) is 30.2 Å². The number of ether oxygens (including phenoxy) is 1. The van der Waals surface area contributed by atoms with Crippen LogP contribution in [0.2, 0.25) is 0 Å². The summed E-state index contributed by atoms with van der Waals surface area (Å²) < 4.78 is 5.30. The highest BCUT2D eigenvalue weighted by molar-refractivity contribution is 6.21. The Labute approximate surface area is 152 Å². The van der Waals surface area contributed by atoms with Crippen molar-refractivity contribution in [3.05, 3.63) is 65.2 Å². The van der Waals surface area contributed by atoms with Gasteiger partial charge in [-0.2, -0.15) is 0 Å². The van der Waals surface area contributed by atoms with E-state index in [4.69, 9.17) is 4.74 Å². The number of imide groups is 1. The number of carbonyl (C=O) groups is 3. The molecule has 0 aromatic heterocycles. The summed E-state index contributed by atoms with van der Waals surface area (Å²) in [6.07, 6.45) is -0.0491. The van der Waals surface area contributed by atoms with E-state index in [2.05, 4.69) is 20.8 Å². The Morgan fingerprint density at radius 2 is 1.46 bits per heavy atom. The zero-order valence-electron chi connectivity index (χ0n) is 15.1. The van der Waals surface area contributed by atoms with Crippen LogP contribution in [0.5, 0.6) is 5.75 Å². The Bertz CT molecular complexity index is 827. The van der Waals surface area contributed by atoms with Crippen molar-refractivity contribution in [2.75, 3.05) is 6.54 Å². The van der Waals surface area contributed by atoms with Gasteiger partial charge >= 0.3 is 5.97 Å². The monoisotopic (exact) mass is 351 g/mol. The van der Waals surface area contributed by atoms with Crippen LogP contribution in [0, 0.1) is 0 Å². The van der Waals surface area contributed by atoms with E-state index in [1.807, 2.05) is 12.1 Å². The largest absolute Gasteiger partial charge is 0.426 e. The molecule has 5 nitrogen and oxygen atoms in total. The molecule has 0 aliphatic carbocycles. The first-order valence-corrected chi connectivity index (χ1v) is 8.54. The maximum atomic E-state index is 12.3. The molecule has 2 aromatic carbocycles. The van der Waals surface area contributed by atoms with Crippen molar-refractivity contribution in [3.63, 3.8) is 0 Å². The summed E-state index contributed by atoms with van der Waals surface area (Å²) in [6.45, 7) is 6.33. The lowest BCUT2D eigenvalue weighted by atomic mass is 9.87. The van der Waals surface area contributed by atoms with E-state index < -0.39 is 5.97 Å². The van der Waals surface area contributed by atoms with Crippen LogP contribution < -0.4 is 4.74 Å². The molecule has 1 aliphatic rings. The minimum absolute atomic E-state index is 0.00521. The van der Waals surface area contributed by atoms with Crippen LogP contribution in [-0.2, 0) is 10.2 Å². The summed E-state index contributed by atoms with van der Waals surface area (Å²) >= 11 is 0. The molecule has 134 valence electrons. The van der Waals surface area contributed by atoms with E-state index in [9.17, 15) is 14.4 Å². The van der Waals surface area contributed by atoms with Gasteiger partial charge in [-0.25, -0.2) is 0 Å². The van der Waals surface area contributed by atoms with Gasteiger partial charge in [-0.3, -0.25) is 19.3 Å². The second-order valence-corrected chi connectivity index (χ2v) is 7.31. The third kappa shape index (κ3) is 3.52. The van der Waals surface area contributed by atoms with Crippen molar-refractivity contribution in [2.24, 2.45) is 0 Å². The number of hydrogen-bond donors (Lipinski definition) is 0. The summed E-state index contributed by atoms with van der Waals surface area (Å²) in [5.41, 5.74) is 1.92. The average molecular weight is 351 g/mol. The first-order chi connectivity index (χ1) is 12.3. The quantitative estimate of drug-likeness (QED) is 0.480. The zero-order valence-corrected chi connectivity index (χ0v) is 15.1. The summed E-state index contributed by atoms with van der Waals surface area (Å²) in [4.78, 5) is 37.7. The first kappa shape index (κ1) is 17.9. The van der Waals surface area contributed by atoms with Gasteiger partial charge in [0.05, 0.1) is 17.5 Å². The molecule has 1 heterocycles. The number of carbonyl (C=O) groups excluding carboxylic acids is 3. The molecule has 0 atom stereocenters. The number of hydrogen-bond acceptors (Lipinski definition) is 4. The first-order valence-electron chi connectivity index (χ1n) is 8.54. The number of amides is 2. The Kier molecular flexibility index (Phi) is 4.64. The van der Waals surface area contributed by atoms with Gasteiger partial charge in [0.1, 0.15) is 5.75 Å². The predicted octanol–water partition coefficient (Wildman–Crippen LogP) is 3.58. The van der Waals surface area contributed by atoms with Gasteiger partial charge < -0.3 is 4.74 Å². The molecular formula is C21H21NO4. The predicted molar refractivity (Wildman–Crippen MR) is 97.2 cm³/mol. The lowest BCUT2D eigenvalue weighted by molar-refractivity contribution is -0.134. The molecule has 0 saturated heterocycles. The van der Waals surface area contributed by atoms with Gasteiger partial charge in [0, 0.05) is 6.54 Å². The van der Waals surface area contributed by atoms with Crippen molar-refractivity contribution in [1.82, 2.24) is 4.90 Å². The summed E-state index contributed by atoms with van der Waals surface area (Å²) in [5.74, 6) is -0.767. The number of esters is 1. The minimum Gasteiger partial charge on any atom is -0.426 e. The van der Waals surface area contributed by atoms with Crippen molar-refractivity contribution in [1.29, 1.82) is 0 Å². The number of benzene rings is 2. The molecule has 5 heteroatoms. The fraction of sp³-hybridized carbons (Fsp3) is 0.286. The smallest absolute Gasteiger partial charge is 0.312 e. The third-order valence-corrected chi connectivity index (χ3v) is 4.37. The van der Waals surface area contributed by atoms with Crippen LogP contribution in [-0.4, -0.2) is 29.2 Å². The number of nitrogens with zero attached hydrogens (tertiary/aromatic N) is 1. The fourth-order valence-electron chi connectivity index (χ4n) is 2.85. The second kappa shape index (κ2) is 6.75. The summed E-state index contributed by atoms with van der Waals surface area (Å²) in [7, 11) is 0. The highest BCUT2D eigenvalue weighted by Crippen LogP contribution is 2.25. The van der Waals surface area contributed by atoms with E-state index >= 15 is 0 Å². The average Bonchev–Trinajstić information content (AvgIpc) is 2.84. The summed E-state index contributed by atoms with van der Waals surface area (Å²) in [6, 6.07) is 14.0. The van der Waals surface area contributed by atoms with Gasteiger partial charge in [-0.15, -0.1) is 0 Å². The van der Waals surface area contributed by atoms with Crippen molar-refractivity contribution >= 4 is 17.8 Å². The molecule has 0 unspecified atom stereocenters. The minimum atomic E-state index is -0.481. The Hall–Kier alpha value is -2.95. The molecule has 26 heavy (non-hydrogen) atoms. The van der Waals surface area contributed by atoms with E-state index in [1.165, 1.54) is 0 Å². The zero-order chi connectivity index (χ0) is 18.9. The van der Waals surface area contributed by atoms with Gasteiger partial charge in [0.25, 0.3) is 11.8 Å². The molecule has 0 N–H and O–H groups in total. The topological polar surface area (TPSA) is 63.7 Å². The highest BCUT2D eigenvalue weighted by Gasteiger charge is 2.35. The standard InChI is InChI=1S/C21H21NO4/c1-21(2,3)14-8-10-15(11-9-14)26-18(23)12-13-22-19(24)16-6-4-5-7-17(16)20(22)25/h4-11H,12-13H2,1-3H3. The molecule has 2 aromatic rings. The maximum absolute atomic E-state index is 12.3. The van der Waals surface area contributed by atoms with Gasteiger partial charge in [0.15, 0.2) is 0 Å². The molecule has 1 aliphatic heterocycles. The Balaban J connectivity index is 1.58. The molecule has 0 radical (unpaired) electrons. The third-order valence-electron chi connectivity index (χ3n) is 4.37. The second-order valence-electron chi connectivity index (χ2n) is 7.31. The lowest BCUT2D eigenvalue weighted by Crippen LogP contribution is -2.32. The molecule has 0 spiro atoms. The van der Waals surface area contributed by atoms with Crippen molar-refractivity contribution in [3.8, 4) is 5.75 Å². The van der Waals surface area contributed by atoms with Gasteiger partial charge in [-0.1, -0.05) is 45.0 Å². The van der Waals surface area contributed by atoms with Gasteiger partial charge in [0.2, 0.25) is 0 Å². The molecule has 0 bridgehead atoms. The fourth-order valence-corrected chi connectivity index (χ4v) is 2.85. The van der Waals surface area contributed by atoms with Crippen molar-refractivity contribution < 1.29 is 19.1 Å². The van der Waals surface area contributed by atoms with E-state index in [0.29, 0.717) is 16.9 Å². The van der Waals surface area contributed by atoms with Crippen LogP contribution in [0.25, 0.3) is 0 Å². The Morgan fingerprint density at radius 1 is 0.923 bits per heavy atom. The van der Waals surface area contributed by atoms with Gasteiger partial charge in [-0.05, 0) is 35.2 Å². The molecular weight excluding hydrogens is 330 g/mol. The van der Waals surface area contributed by atoms with Crippen LogP contribution >= 0.6 is 0 Å². The molecule has 2 amide bonds. The normalized spacial score (nSPS) is 13.7. The van der Waals surface area contributed by atoms with Crippen LogP contribution in [0.3, 0.4) is 0 Å². The molecule has 0 fully saturated rings. The molecule has 0 saturated carbocycles. The van der Waals surface area contributed by atoms with Crippen LogP contribution in [0.4, 0.5) is 0 Å².